The van der Waals surface area contributed by atoms with E-state index in [4.69, 9.17) is 4.74 Å². The minimum Gasteiger partial charge on any atom is -0.378 e. The van der Waals surface area contributed by atoms with Crippen LogP contribution in [-0.4, -0.2) is 37.7 Å². The van der Waals surface area contributed by atoms with Crippen molar-refractivity contribution in [1.29, 1.82) is 0 Å². The molecular formula is C14H26N2O2. The first-order valence-corrected chi connectivity index (χ1v) is 7.18. The molecule has 2 rings (SSSR count). The van der Waals surface area contributed by atoms with Gasteiger partial charge in [-0.15, -0.1) is 0 Å². The molecule has 0 aromatic rings. The predicted octanol–water partition coefficient (Wildman–Crippen LogP) is 1.31. The molecule has 2 N–H and O–H groups in total. The quantitative estimate of drug-likeness (QED) is 0.673. The second-order valence-electron chi connectivity index (χ2n) is 6.07. The second kappa shape index (κ2) is 5.57. The van der Waals surface area contributed by atoms with Crippen LogP contribution in [0.1, 0.15) is 40.0 Å². The van der Waals surface area contributed by atoms with Gasteiger partial charge < -0.3 is 15.4 Å². The van der Waals surface area contributed by atoms with E-state index in [-0.39, 0.29) is 11.3 Å². The van der Waals surface area contributed by atoms with E-state index in [1.54, 1.807) is 0 Å². The van der Waals surface area contributed by atoms with Crippen molar-refractivity contribution >= 4 is 5.91 Å². The summed E-state index contributed by atoms with van der Waals surface area (Å²) in [6, 6.07) is 0.506. The van der Waals surface area contributed by atoms with Gasteiger partial charge in [0.1, 0.15) is 0 Å². The summed E-state index contributed by atoms with van der Waals surface area (Å²) >= 11 is 0. The Labute approximate surface area is 110 Å². The Morgan fingerprint density at radius 2 is 2.06 bits per heavy atom. The summed E-state index contributed by atoms with van der Waals surface area (Å²) in [5, 5.41) is 6.50. The zero-order valence-corrected chi connectivity index (χ0v) is 11.8. The molecule has 2 saturated carbocycles. The monoisotopic (exact) mass is 254 g/mol. The van der Waals surface area contributed by atoms with Gasteiger partial charge in [-0.2, -0.15) is 0 Å². The molecule has 0 spiro atoms. The molecule has 104 valence electrons. The van der Waals surface area contributed by atoms with Gasteiger partial charge in [-0.1, -0.05) is 13.8 Å². The van der Waals surface area contributed by atoms with E-state index in [2.05, 4.69) is 24.5 Å². The van der Waals surface area contributed by atoms with Crippen LogP contribution in [0.4, 0.5) is 0 Å². The largest absolute Gasteiger partial charge is 0.378 e. The molecule has 2 atom stereocenters. The number of ether oxygens (including phenoxy) is 1. The van der Waals surface area contributed by atoms with Crippen LogP contribution < -0.4 is 10.6 Å². The maximum atomic E-state index is 11.4. The van der Waals surface area contributed by atoms with E-state index in [0.717, 1.165) is 39.0 Å². The van der Waals surface area contributed by atoms with Crippen molar-refractivity contribution in [3.8, 4) is 0 Å². The Bertz CT molecular complexity index is 300. The van der Waals surface area contributed by atoms with Gasteiger partial charge in [0, 0.05) is 37.1 Å². The third kappa shape index (κ3) is 3.04. The van der Waals surface area contributed by atoms with Crippen LogP contribution >= 0.6 is 0 Å². The number of nitrogens with one attached hydrogen (secondary N) is 2. The Balaban J connectivity index is 1.58. The van der Waals surface area contributed by atoms with Gasteiger partial charge in [0.2, 0.25) is 5.91 Å². The third-order valence-corrected chi connectivity index (χ3v) is 4.31. The highest BCUT2D eigenvalue weighted by molar-refractivity contribution is 5.80. The Morgan fingerprint density at radius 3 is 2.61 bits per heavy atom. The van der Waals surface area contributed by atoms with Crippen molar-refractivity contribution in [2.75, 3.05) is 19.7 Å². The normalized spacial score (nSPS) is 29.7. The molecule has 2 aliphatic carbocycles. The van der Waals surface area contributed by atoms with E-state index in [1.165, 1.54) is 0 Å². The van der Waals surface area contributed by atoms with Crippen molar-refractivity contribution in [2.45, 2.75) is 52.2 Å². The topological polar surface area (TPSA) is 50.4 Å². The molecule has 0 radical (unpaired) electrons. The summed E-state index contributed by atoms with van der Waals surface area (Å²) in [6.45, 7) is 8.92. The van der Waals surface area contributed by atoms with Crippen LogP contribution in [0.15, 0.2) is 0 Å². The van der Waals surface area contributed by atoms with E-state index >= 15 is 0 Å². The van der Waals surface area contributed by atoms with Crippen molar-refractivity contribution in [3.05, 3.63) is 0 Å². The first kappa shape index (κ1) is 13.8. The molecule has 0 saturated heterocycles. The van der Waals surface area contributed by atoms with Crippen molar-refractivity contribution < 1.29 is 9.53 Å². The Morgan fingerprint density at radius 1 is 1.33 bits per heavy atom. The van der Waals surface area contributed by atoms with Crippen molar-refractivity contribution in [3.63, 3.8) is 0 Å². The number of hydrogen-bond donors (Lipinski definition) is 2. The van der Waals surface area contributed by atoms with Gasteiger partial charge in [0.05, 0.1) is 6.10 Å². The molecule has 0 heterocycles. The minimum absolute atomic E-state index is 0.205. The predicted molar refractivity (Wildman–Crippen MR) is 71.3 cm³/mol. The minimum atomic E-state index is 0.205. The fourth-order valence-corrected chi connectivity index (χ4v) is 2.64. The fraction of sp³-hybridized carbons (Fsp3) is 0.929. The second-order valence-corrected chi connectivity index (χ2v) is 6.07. The fourth-order valence-electron chi connectivity index (χ4n) is 2.64. The van der Waals surface area contributed by atoms with Gasteiger partial charge in [0.25, 0.3) is 0 Å². The van der Waals surface area contributed by atoms with Crippen LogP contribution in [0.25, 0.3) is 0 Å². The number of amides is 1. The van der Waals surface area contributed by atoms with Crippen LogP contribution in [0.5, 0.6) is 0 Å². The van der Waals surface area contributed by atoms with Gasteiger partial charge >= 0.3 is 0 Å². The van der Waals surface area contributed by atoms with E-state index in [1.807, 2.05) is 6.92 Å². The van der Waals surface area contributed by atoms with E-state index in [9.17, 15) is 4.79 Å². The van der Waals surface area contributed by atoms with Gasteiger partial charge in [-0.05, 0) is 26.2 Å². The zero-order valence-electron chi connectivity index (χ0n) is 11.8. The number of carbonyl (C=O) groups is 1. The first-order valence-electron chi connectivity index (χ1n) is 7.18. The van der Waals surface area contributed by atoms with Crippen LogP contribution in [-0.2, 0) is 9.53 Å². The lowest BCUT2D eigenvalue weighted by Crippen LogP contribution is -2.61. The SMILES string of the molecule is CCOC1CC(NCCNC(=O)C2CC2)C1(C)C. The molecule has 0 aliphatic heterocycles. The highest BCUT2D eigenvalue weighted by Gasteiger charge is 2.48. The average molecular weight is 254 g/mol. The molecule has 1 amide bonds. The molecule has 4 heteroatoms. The van der Waals surface area contributed by atoms with Gasteiger partial charge in [0.15, 0.2) is 0 Å². The van der Waals surface area contributed by atoms with E-state index in [0.29, 0.717) is 18.1 Å². The molecule has 2 fully saturated rings. The Kier molecular flexibility index (Phi) is 4.28. The van der Waals surface area contributed by atoms with Gasteiger partial charge in [-0.25, -0.2) is 0 Å². The standard InChI is InChI=1S/C14H26N2O2/c1-4-18-12-9-11(14(12,2)3)15-7-8-16-13(17)10-5-6-10/h10-12,15H,4-9H2,1-3H3,(H,16,17). The van der Waals surface area contributed by atoms with Crippen LogP contribution in [0.3, 0.4) is 0 Å². The molecule has 0 bridgehead atoms. The molecule has 0 aromatic heterocycles. The molecule has 2 unspecified atom stereocenters. The molecule has 2 aliphatic rings. The summed E-state index contributed by atoms with van der Waals surface area (Å²) in [4.78, 5) is 11.4. The lowest BCUT2D eigenvalue weighted by molar-refractivity contribution is -0.122. The number of carbonyl (C=O) groups excluding carboxylic acids is 1. The number of hydrogen-bond acceptors (Lipinski definition) is 3. The van der Waals surface area contributed by atoms with Crippen molar-refractivity contribution in [2.24, 2.45) is 11.3 Å². The van der Waals surface area contributed by atoms with Gasteiger partial charge in [-0.3, -0.25) is 4.79 Å². The summed E-state index contributed by atoms with van der Waals surface area (Å²) < 4.78 is 5.70. The molecule has 18 heavy (non-hydrogen) atoms. The summed E-state index contributed by atoms with van der Waals surface area (Å²) in [6.07, 6.45) is 3.61. The zero-order chi connectivity index (χ0) is 13.2. The smallest absolute Gasteiger partial charge is 0.223 e. The third-order valence-electron chi connectivity index (χ3n) is 4.31. The lowest BCUT2D eigenvalue weighted by Gasteiger charge is -2.52. The summed E-state index contributed by atoms with van der Waals surface area (Å²) in [7, 11) is 0. The summed E-state index contributed by atoms with van der Waals surface area (Å²) in [5.41, 5.74) is 0.205. The van der Waals surface area contributed by atoms with Crippen LogP contribution in [0, 0.1) is 11.3 Å². The Hall–Kier alpha value is -0.610. The average Bonchev–Trinajstić information content (AvgIpc) is 3.15. The van der Waals surface area contributed by atoms with Crippen molar-refractivity contribution in [1.82, 2.24) is 10.6 Å². The molecular weight excluding hydrogens is 228 g/mol. The molecule has 4 nitrogen and oxygen atoms in total. The maximum absolute atomic E-state index is 11.4. The highest BCUT2D eigenvalue weighted by Crippen LogP contribution is 2.42. The van der Waals surface area contributed by atoms with Crippen LogP contribution in [0.2, 0.25) is 0 Å². The first-order chi connectivity index (χ1) is 8.55. The number of rotatable bonds is 7. The van der Waals surface area contributed by atoms with E-state index < -0.39 is 0 Å². The molecule has 0 aromatic carbocycles. The highest BCUT2D eigenvalue weighted by atomic mass is 16.5. The maximum Gasteiger partial charge on any atom is 0.223 e. The summed E-state index contributed by atoms with van der Waals surface area (Å²) in [5.74, 6) is 0.546. The lowest BCUT2D eigenvalue weighted by atomic mass is 9.64.